The molecule has 0 N–H and O–H groups in total. The lowest BCUT2D eigenvalue weighted by Gasteiger charge is -2.30. The fraction of sp³-hybridized carbons (Fsp3) is 0.647. The molecular formula is C34H54N2O. The molecule has 0 atom stereocenters. The number of benzene rings is 2. The molecular weight excluding hydrogens is 452 g/mol. The Labute approximate surface area is 227 Å². The van der Waals surface area contributed by atoms with Gasteiger partial charge in [0, 0.05) is 34.9 Å². The van der Waals surface area contributed by atoms with Gasteiger partial charge in [0.15, 0.2) is 0 Å². The van der Waals surface area contributed by atoms with E-state index in [1.165, 1.54) is 73.5 Å². The van der Waals surface area contributed by atoms with Crippen LogP contribution in [0.3, 0.4) is 0 Å². The highest BCUT2D eigenvalue weighted by molar-refractivity contribution is 6.06. The molecule has 0 amide bonds. The summed E-state index contributed by atoms with van der Waals surface area (Å²) in [5.74, 6) is 0. The number of hydrogen-bond donors (Lipinski definition) is 0. The van der Waals surface area contributed by atoms with Crippen molar-refractivity contribution in [2.24, 2.45) is 0 Å². The van der Waals surface area contributed by atoms with Gasteiger partial charge in [-0.1, -0.05) is 37.1 Å². The van der Waals surface area contributed by atoms with Gasteiger partial charge < -0.3 is 4.42 Å². The molecule has 3 aromatic rings. The molecule has 3 nitrogen and oxygen atoms in total. The van der Waals surface area contributed by atoms with Gasteiger partial charge in [0.25, 0.3) is 0 Å². The minimum absolute atomic E-state index is 0.620. The summed E-state index contributed by atoms with van der Waals surface area (Å²) >= 11 is 0. The molecule has 0 saturated heterocycles. The molecule has 1 heterocycles. The number of hydrogen-bond acceptors (Lipinski definition) is 3. The summed E-state index contributed by atoms with van der Waals surface area (Å²) in [6.45, 7) is 20.9. The summed E-state index contributed by atoms with van der Waals surface area (Å²) in [5.41, 5.74) is 4.92. The maximum Gasteiger partial charge on any atom is 0.138 e. The van der Waals surface area contributed by atoms with Gasteiger partial charge in [-0.3, -0.25) is 9.80 Å². The van der Waals surface area contributed by atoms with Gasteiger partial charge in [0.1, 0.15) is 11.2 Å². The highest BCUT2D eigenvalue weighted by atomic mass is 16.3. The molecule has 3 rings (SSSR count). The van der Waals surface area contributed by atoms with Crippen LogP contribution in [0.25, 0.3) is 21.9 Å². The number of unbranched alkanes of at least 4 members (excludes halogenated alkanes) is 4. The number of para-hydroxylation sites is 1. The predicted octanol–water partition coefficient (Wildman–Crippen LogP) is 9.25. The normalized spacial score (nSPS) is 12.7. The van der Waals surface area contributed by atoms with E-state index < -0.39 is 0 Å². The standard InChI is InChI=1S/C34H54N2O/c1-25(2)35(26(3)4)22-13-9-11-16-29-20-21-33-32(24-29)31-19-15-18-30(34(31)37-33)17-12-10-14-23-36(27(5)6)28(7)8/h15,18-21,24-28H,9-14,16-17,22-23H2,1-8H3. The second-order valence-electron chi connectivity index (χ2n) is 12.2. The Morgan fingerprint density at radius 1 is 0.595 bits per heavy atom. The number of furan rings is 1. The summed E-state index contributed by atoms with van der Waals surface area (Å²) in [5, 5.41) is 2.56. The van der Waals surface area contributed by atoms with Crippen molar-refractivity contribution < 1.29 is 4.42 Å². The summed E-state index contributed by atoms with van der Waals surface area (Å²) in [7, 11) is 0. The molecule has 0 spiro atoms. The molecule has 0 fully saturated rings. The fourth-order valence-corrected chi connectivity index (χ4v) is 6.07. The van der Waals surface area contributed by atoms with Crippen molar-refractivity contribution in [3.8, 4) is 0 Å². The summed E-state index contributed by atoms with van der Waals surface area (Å²) in [6, 6.07) is 16.1. The lowest BCUT2D eigenvalue weighted by molar-refractivity contribution is 0.171. The average molecular weight is 507 g/mol. The molecule has 0 aliphatic heterocycles. The van der Waals surface area contributed by atoms with E-state index >= 15 is 0 Å². The maximum absolute atomic E-state index is 6.40. The van der Waals surface area contributed by atoms with E-state index in [0.717, 1.165) is 24.0 Å². The molecule has 37 heavy (non-hydrogen) atoms. The van der Waals surface area contributed by atoms with E-state index in [2.05, 4.69) is 102 Å². The van der Waals surface area contributed by atoms with E-state index in [1.807, 2.05) is 0 Å². The van der Waals surface area contributed by atoms with Gasteiger partial charge in [-0.05, 0) is 130 Å². The van der Waals surface area contributed by atoms with Crippen LogP contribution in [-0.2, 0) is 12.8 Å². The highest BCUT2D eigenvalue weighted by Gasteiger charge is 2.14. The van der Waals surface area contributed by atoms with Crippen molar-refractivity contribution in [2.45, 2.75) is 131 Å². The van der Waals surface area contributed by atoms with Crippen LogP contribution in [0.1, 0.15) is 105 Å². The Bertz CT molecular complexity index is 1060. The third-order valence-corrected chi connectivity index (χ3v) is 8.04. The monoisotopic (exact) mass is 506 g/mol. The predicted molar refractivity (Wildman–Crippen MR) is 163 cm³/mol. The van der Waals surface area contributed by atoms with E-state index in [4.69, 9.17) is 4.42 Å². The van der Waals surface area contributed by atoms with Gasteiger partial charge in [0.2, 0.25) is 0 Å². The number of nitrogens with zero attached hydrogens (tertiary/aromatic N) is 2. The van der Waals surface area contributed by atoms with Gasteiger partial charge in [-0.2, -0.15) is 0 Å². The van der Waals surface area contributed by atoms with Crippen molar-refractivity contribution in [1.82, 2.24) is 9.80 Å². The van der Waals surface area contributed by atoms with Crippen LogP contribution in [0.4, 0.5) is 0 Å². The first-order valence-corrected chi connectivity index (χ1v) is 15.1. The molecule has 1 aromatic heterocycles. The molecule has 0 aliphatic carbocycles. The molecule has 206 valence electrons. The molecule has 3 heteroatoms. The van der Waals surface area contributed by atoms with Gasteiger partial charge >= 0.3 is 0 Å². The number of rotatable bonds is 16. The summed E-state index contributed by atoms with van der Waals surface area (Å²) < 4.78 is 6.40. The molecule has 0 radical (unpaired) electrons. The van der Waals surface area contributed by atoms with Gasteiger partial charge in [-0.15, -0.1) is 0 Å². The van der Waals surface area contributed by atoms with Crippen LogP contribution in [0.2, 0.25) is 0 Å². The largest absolute Gasteiger partial charge is 0.456 e. The lowest BCUT2D eigenvalue weighted by atomic mass is 10.0. The minimum Gasteiger partial charge on any atom is -0.456 e. The van der Waals surface area contributed by atoms with Crippen LogP contribution >= 0.6 is 0 Å². The molecule has 0 bridgehead atoms. The Morgan fingerprint density at radius 2 is 1.16 bits per heavy atom. The lowest BCUT2D eigenvalue weighted by Crippen LogP contribution is -2.37. The quantitative estimate of drug-likeness (QED) is 0.180. The summed E-state index contributed by atoms with van der Waals surface area (Å²) in [6.07, 6.45) is 9.82. The Hall–Kier alpha value is -1.84. The minimum atomic E-state index is 0.620. The average Bonchev–Trinajstić information content (AvgIpc) is 3.21. The fourth-order valence-electron chi connectivity index (χ4n) is 6.07. The zero-order chi connectivity index (χ0) is 26.9. The molecule has 0 unspecified atom stereocenters. The Kier molecular flexibility index (Phi) is 11.5. The first-order valence-electron chi connectivity index (χ1n) is 15.1. The van der Waals surface area contributed by atoms with Gasteiger partial charge in [-0.25, -0.2) is 0 Å². The van der Waals surface area contributed by atoms with E-state index in [0.29, 0.717) is 24.2 Å². The van der Waals surface area contributed by atoms with E-state index in [9.17, 15) is 0 Å². The smallest absolute Gasteiger partial charge is 0.138 e. The second kappa shape index (κ2) is 14.4. The zero-order valence-electron chi connectivity index (χ0n) is 25.1. The topological polar surface area (TPSA) is 19.6 Å². The van der Waals surface area contributed by atoms with Crippen molar-refractivity contribution in [3.05, 3.63) is 47.5 Å². The number of aryl methyl sites for hydroxylation is 2. The van der Waals surface area contributed by atoms with Crippen LogP contribution in [0.5, 0.6) is 0 Å². The van der Waals surface area contributed by atoms with Gasteiger partial charge in [0.05, 0.1) is 0 Å². The maximum atomic E-state index is 6.40. The third-order valence-electron chi connectivity index (χ3n) is 8.04. The SMILES string of the molecule is CC(C)N(CCCCCc1ccc2oc3c(CCCCCN(C(C)C)C(C)C)cccc3c2c1)C(C)C. The summed E-state index contributed by atoms with van der Waals surface area (Å²) in [4.78, 5) is 5.21. The van der Waals surface area contributed by atoms with Crippen molar-refractivity contribution in [1.29, 1.82) is 0 Å². The third kappa shape index (κ3) is 8.32. The van der Waals surface area contributed by atoms with Crippen molar-refractivity contribution in [2.75, 3.05) is 13.1 Å². The Morgan fingerprint density at radius 3 is 1.73 bits per heavy atom. The van der Waals surface area contributed by atoms with Crippen LogP contribution in [0.15, 0.2) is 40.8 Å². The first-order chi connectivity index (χ1) is 17.7. The van der Waals surface area contributed by atoms with Crippen LogP contribution in [0, 0.1) is 0 Å². The van der Waals surface area contributed by atoms with E-state index in [1.54, 1.807) is 0 Å². The van der Waals surface area contributed by atoms with Crippen molar-refractivity contribution >= 4 is 21.9 Å². The first kappa shape index (κ1) is 29.7. The highest BCUT2D eigenvalue weighted by Crippen LogP contribution is 2.32. The molecule has 2 aromatic carbocycles. The molecule has 0 saturated carbocycles. The van der Waals surface area contributed by atoms with Crippen LogP contribution in [-0.4, -0.2) is 47.1 Å². The van der Waals surface area contributed by atoms with Crippen molar-refractivity contribution in [3.63, 3.8) is 0 Å². The zero-order valence-corrected chi connectivity index (χ0v) is 25.1. The Balaban J connectivity index is 1.55. The second-order valence-corrected chi connectivity index (χ2v) is 12.2. The van der Waals surface area contributed by atoms with E-state index in [-0.39, 0.29) is 0 Å². The number of fused-ring (bicyclic) bond motifs is 3. The van der Waals surface area contributed by atoms with Crippen LogP contribution < -0.4 is 0 Å². The molecule has 0 aliphatic rings.